The fourth-order valence-corrected chi connectivity index (χ4v) is 3.26. The lowest BCUT2D eigenvalue weighted by atomic mass is 9.91. The molecule has 186 valence electrons. The molecule has 7 nitrogen and oxygen atoms in total. The molecule has 1 aromatic heterocycles. The normalized spacial score (nSPS) is 12.0. The molecule has 2 rings (SSSR count). The summed E-state index contributed by atoms with van der Waals surface area (Å²) in [5.74, 6) is 11.3. The average Bonchev–Trinajstić information content (AvgIpc) is 2.82. The number of aromatic nitrogens is 1. The molecule has 7 heteroatoms. The van der Waals surface area contributed by atoms with Crippen LogP contribution >= 0.6 is 0 Å². The maximum absolute atomic E-state index is 5.50. The Morgan fingerprint density at radius 1 is 1.15 bits per heavy atom. The van der Waals surface area contributed by atoms with Crippen molar-refractivity contribution in [1.82, 2.24) is 15.7 Å². The van der Waals surface area contributed by atoms with Crippen LogP contribution in [0.5, 0.6) is 0 Å². The maximum atomic E-state index is 5.50. The van der Waals surface area contributed by atoms with E-state index in [1.54, 1.807) is 0 Å². The molecule has 0 saturated carbocycles. The molecular formula is C27H43N7. The lowest BCUT2D eigenvalue weighted by Crippen LogP contribution is -2.32. The van der Waals surface area contributed by atoms with Crippen molar-refractivity contribution in [3.05, 3.63) is 66.0 Å². The number of benzene rings is 1. The second-order valence-corrected chi connectivity index (χ2v) is 9.48. The predicted molar refractivity (Wildman–Crippen MR) is 146 cm³/mol. The van der Waals surface area contributed by atoms with Crippen LogP contribution in [0.4, 0.5) is 0 Å². The molecule has 2 aromatic rings. The van der Waals surface area contributed by atoms with E-state index in [0.29, 0.717) is 12.4 Å². The number of aliphatic imine (C=N–C) groups is 1. The van der Waals surface area contributed by atoms with Gasteiger partial charge in [-0.15, -0.1) is 0 Å². The Balaban J connectivity index is 0.000000620. The van der Waals surface area contributed by atoms with E-state index in [-0.39, 0.29) is 5.41 Å². The van der Waals surface area contributed by atoms with Gasteiger partial charge in [-0.2, -0.15) is 5.10 Å². The van der Waals surface area contributed by atoms with Crippen molar-refractivity contribution in [1.29, 1.82) is 0 Å². The van der Waals surface area contributed by atoms with Crippen LogP contribution in [0, 0.1) is 5.41 Å². The Kier molecular flexibility index (Phi) is 12.6. The first-order valence-corrected chi connectivity index (χ1v) is 11.8. The quantitative estimate of drug-likeness (QED) is 0.177. The number of amidine groups is 1. The molecule has 0 saturated heterocycles. The zero-order chi connectivity index (χ0) is 25.6. The molecule has 0 spiro atoms. The Bertz CT molecular complexity index is 938. The van der Waals surface area contributed by atoms with Crippen LogP contribution in [-0.2, 0) is 6.54 Å². The number of nitrogens with two attached hydrogens (primary N) is 2. The summed E-state index contributed by atoms with van der Waals surface area (Å²) in [7, 11) is 1.85. The van der Waals surface area contributed by atoms with Gasteiger partial charge in [-0.3, -0.25) is 9.98 Å². The van der Waals surface area contributed by atoms with E-state index in [2.05, 4.69) is 67.0 Å². The number of nitrogens with zero attached hydrogens (tertiary/aromatic N) is 3. The third kappa shape index (κ3) is 10.6. The van der Waals surface area contributed by atoms with Gasteiger partial charge in [0.15, 0.2) is 5.84 Å². The highest BCUT2D eigenvalue weighted by molar-refractivity contribution is 6.03. The highest BCUT2D eigenvalue weighted by Crippen LogP contribution is 2.23. The second-order valence-electron chi connectivity index (χ2n) is 9.48. The van der Waals surface area contributed by atoms with Crippen LogP contribution in [0.15, 0.2) is 65.0 Å². The van der Waals surface area contributed by atoms with E-state index < -0.39 is 0 Å². The van der Waals surface area contributed by atoms with Gasteiger partial charge in [-0.1, -0.05) is 71.0 Å². The summed E-state index contributed by atoms with van der Waals surface area (Å²) in [6.07, 6.45) is 6.51. The standard InChI is InChI=1S/C20H28N6.C7H15N/c1-14(11-20(2,3)4)23-12-15-9-10-18(24-13-15)16-7-5-6-8-17(16)19(25-21)26-22;1-4-5-6-7(2)8-3/h5-10,13,23H,1,11-12,21-22H2,2-4H3,(H,25,26);4-6H2,1-3H3. The van der Waals surface area contributed by atoms with Gasteiger partial charge in [0.05, 0.1) is 5.69 Å². The lowest BCUT2D eigenvalue weighted by Gasteiger charge is -2.20. The summed E-state index contributed by atoms with van der Waals surface area (Å²) in [5.41, 5.74) is 8.66. The first-order valence-electron chi connectivity index (χ1n) is 11.8. The topological polar surface area (TPSA) is 114 Å². The molecule has 1 aromatic carbocycles. The van der Waals surface area contributed by atoms with Crippen molar-refractivity contribution < 1.29 is 0 Å². The number of hydrazine groups is 1. The second kappa shape index (κ2) is 14.9. The van der Waals surface area contributed by atoms with Gasteiger partial charge in [-0.05, 0) is 43.2 Å². The molecule has 0 atom stereocenters. The summed E-state index contributed by atoms with van der Waals surface area (Å²) in [5, 5.41) is 7.06. The predicted octanol–water partition coefficient (Wildman–Crippen LogP) is 5.14. The van der Waals surface area contributed by atoms with Crippen LogP contribution in [0.3, 0.4) is 0 Å². The minimum absolute atomic E-state index is 0.217. The number of hydrazone groups is 1. The lowest BCUT2D eigenvalue weighted by molar-refractivity contribution is 0.398. The third-order valence-electron chi connectivity index (χ3n) is 5.11. The molecule has 6 N–H and O–H groups in total. The molecule has 0 bridgehead atoms. The smallest absolute Gasteiger partial charge is 0.167 e. The molecule has 0 aliphatic rings. The number of pyridine rings is 1. The van der Waals surface area contributed by atoms with E-state index in [0.717, 1.165) is 34.5 Å². The minimum Gasteiger partial charge on any atom is -0.385 e. The highest BCUT2D eigenvalue weighted by atomic mass is 15.3. The summed E-state index contributed by atoms with van der Waals surface area (Å²) >= 11 is 0. The van der Waals surface area contributed by atoms with Gasteiger partial charge < -0.3 is 16.6 Å². The Morgan fingerprint density at radius 3 is 2.38 bits per heavy atom. The summed E-state index contributed by atoms with van der Waals surface area (Å²) < 4.78 is 0. The van der Waals surface area contributed by atoms with E-state index in [9.17, 15) is 0 Å². The van der Waals surface area contributed by atoms with Gasteiger partial charge in [0.25, 0.3) is 0 Å². The summed E-state index contributed by atoms with van der Waals surface area (Å²) in [6, 6.07) is 11.7. The fraction of sp³-hybridized carbons (Fsp3) is 0.444. The van der Waals surface area contributed by atoms with Gasteiger partial charge in [0.1, 0.15) is 0 Å². The van der Waals surface area contributed by atoms with Crippen molar-refractivity contribution in [2.24, 2.45) is 27.2 Å². The molecule has 0 amide bonds. The molecule has 34 heavy (non-hydrogen) atoms. The van der Waals surface area contributed by atoms with E-state index in [1.165, 1.54) is 25.0 Å². The van der Waals surface area contributed by atoms with Gasteiger partial charge >= 0.3 is 0 Å². The molecule has 0 aliphatic heterocycles. The van der Waals surface area contributed by atoms with Crippen LogP contribution in [0.2, 0.25) is 0 Å². The number of rotatable bonds is 9. The number of hydrogen-bond acceptors (Lipinski definition) is 6. The number of hydrogen-bond donors (Lipinski definition) is 4. The van der Waals surface area contributed by atoms with E-state index >= 15 is 0 Å². The van der Waals surface area contributed by atoms with Crippen molar-refractivity contribution in [2.75, 3.05) is 7.05 Å². The van der Waals surface area contributed by atoms with Gasteiger partial charge in [-0.25, -0.2) is 5.84 Å². The van der Waals surface area contributed by atoms with Crippen molar-refractivity contribution in [3.8, 4) is 11.3 Å². The van der Waals surface area contributed by atoms with Crippen LogP contribution in [0.25, 0.3) is 11.3 Å². The fourth-order valence-electron chi connectivity index (χ4n) is 3.26. The molecule has 0 aliphatic carbocycles. The summed E-state index contributed by atoms with van der Waals surface area (Å²) in [6.45, 7) is 15.7. The first-order chi connectivity index (χ1) is 16.1. The highest BCUT2D eigenvalue weighted by Gasteiger charge is 2.13. The van der Waals surface area contributed by atoms with Crippen LogP contribution in [-0.4, -0.2) is 23.6 Å². The Labute approximate surface area is 205 Å². The number of nitrogens with one attached hydrogen (secondary N) is 2. The maximum Gasteiger partial charge on any atom is 0.167 e. The molecule has 0 fully saturated rings. The SMILES string of the molecule is C=C(CC(C)(C)C)NCc1ccc(-c2ccccc2/C(=N/N)NN)nc1.CCCCC(C)=NC. The molecule has 0 radical (unpaired) electrons. The van der Waals surface area contributed by atoms with Crippen LogP contribution < -0.4 is 22.4 Å². The summed E-state index contributed by atoms with van der Waals surface area (Å²) in [4.78, 5) is 8.62. The van der Waals surface area contributed by atoms with Crippen LogP contribution in [0.1, 0.15) is 71.4 Å². The Morgan fingerprint density at radius 2 is 1.85 bits per heavy atom. The van der Waals surface area contributed by atoms with Gasteiger partial charge in [0, 0.05) is 42.3 Å². The van der Waals surface area contributed by atoms with E-state index in [4.69, 9.17) is 11.7 Å². The molecule has 0 unspecified atom stereocenters. The molecule has 1 heterocycles. The average molecular weight is 466 g/mol. The minimum atomic E-state index is 0.217. The monoisotopic (exact) mass is 465 g/mol. The van der Waals surface area contributed by atoms with Crippen molar-refractivity contribution >= 4 is 11.5 Å². The van der Waals surface area contributed by atoms with E-state index in [1.807, 2.05) is 49.6 Å². The Hall–Kier alpha value is -3.19. The third-order valence-corrected chi connectivity index (χ3v) is 5.11. The number of allylic oxidation sites excluding steroid dienone is 1. The largest absolute Gasteiger partial charge is 0.385 e. The van der Waals surface area contributed by atoms with Crippen molar-refractivity contribution in [3.63, 3.8) is 0 Å². The number of unbranched alkanes of at least 4 members (excludes halogenated alkanes) is 1. The zero-order valence-electron chi connectivity index (χ0n) is 21.8. The zero-order valence-corrected chi connectivity index (χ0v) is 21.8. The first kappa shape index (κ1) is 28.8. The molecular weight excluding hydrogens is 422 g/mol. The van der Waals surface area contributed by atoms with Gasteiger partial charge in [0.2, 0.25) is 0 Å². The van der Waals surface area contributed by atoms with Crippen molar-refractivity contribution in [2.45, 2.75) is 66.8 Å².